The molecule has 1 aromatic carbocycles. The van der Waals surface area contributed by atoms with Gasteiger partial charge in [0.2, 0.25) is 0 Å². The molecule has 0 spiro atoms. The Bertz CT molecular complexity index is 1180. The number of H-pyrrole nitrogens is 1. The summed E-state index contributed by atoms with van der Waals surface area (Å²) in [4.78, 5) is 29.4. The van der Waals surface area contributed by atoms with Crippen LogP contribution in [-0.4, -0.2) is 33.9 Å². The van der Waals surface area contributed by atoms with Crippen LogP contribution < -0.4 is 16.2 Å². The Morgan fingerprint density at radius 2 is 2.00 bits per heavy atom. The van der Waals surface area contributed by atoms with Gasteiger partial charge in [0.15, 0.2) is 5.65 Å². The van der Waals surface area contributed by atoms with Crippen molar-refractivity contribution < 1.29 is 9.36 Å². The molecule has 0 amide bonds. The average Bonchev–Trinajstić information content (AvgIpc) is 3.42. The molecule has 1 aliphatic carbocycles. The largest absolute Gasteiger partial charge is 0.354 e. The smallest absolute Gasteiger partial charge is 0.277 e. The summed E-state index contributed by atoms with van der Waals surface area (Å²) in [6, 6.07) is 9.12. The Kier molecular flexibility index (Phi) is 4.50. The number of rotatable bonds is 6. The maximum absolute atomic E-state index is 12.7. The highest BCUT2D eigenvalue weighted by Crippen LogP contribution is 2.38. The van der Waals surface area contributed by atoms with E-state index in [0.29, 0.717) is 33.4 Å². The summed E-state index contributed by atoms with van der Waals surface area (Å²) in [6.07, 6.45) is 2.14. The van der Waals surface area contributed by atoms with E-state index in [1.165, 1.54) is 4.68 Å². The molecule has 7 nitrogen and oxygen atoms in total. The van der Waals surface area contributed by atoms with Crippen LogP contribution in [0.3, 0.4) is 0 Å². The molecule has 0 radical (unpaired) electrons. The SMILES string of the molecule is Cn1[nH]c2nc(CC(=O)C3CC3)cc(Nc3ccccc3P(C)(C)=O)c2c1=O. The van der Waals surface area contributed by atoms with Gasteiger partial charge < -0.3 is 9.88 Å². The van der Waals surface area contributed by atoms with E-state index in [0.717, 1.165) is 12.8 Å². The van der Waals surface area contributed by atoms with Crippen LogP contribution in [0.2, 0.25) is 0 Å². The molecule has 2 heterocycles. The fourth-order valence-corrected chi connectivity index (χ4v) is 4.54. The van der Waals surface area contributed by atoms with Gasteiger partial charge in [-0.2, -0.15) is 0 Å². The number of benzene rings is 1. The van der Waals surface area contributed by atoms with Gasteiger partial charge in [-0.15, -0.1) is 0 Å². The summed E-state index contributed by atoms with van der Waals surface area (Å²) in [5.41, 5.74) is 2.09. The topological polar surface area (TPSA) is 96.8 Å². The van der Waals surface area contributed by atoms with Crippen molar-refractivity contribution >= 4 is 40.6 Å². The van der Waals surface area contributed by atoms with Crippen LogP contribution >= 0.6 is 7.14 Å². The number of anilines is 2. The molecule has 0 aliphatic heterocycles. The molecular weight excluding hydrogens is 375 g/mol. The number of aromatic nitrogens is 3. The van der Waals surface area contributed by atoms with Gasteiger partial charge in [-0.05, 0) is 44.4 Å². The minimum Gasteiger partial charge on any atom is -0.354 e. The van der Waals surface area contributed by atoms with Gasteiger partial charge in [0.25, 0.3) is 5.56 Å². The third-order valence-corrected chi connectivity index (χ3v) is 6.56. The van der Waals surface area contributed by atoms with E-state index < -0.39 is 7.14 Å². The first-order valence-corrected chi connectivity index (χ1v) is 11.9. The maximum atomic E-state index is 12.7. The Morgan fingerprint density at radius 1 is 1.29 bits per heavy atom. The van der Waals surface area contributed by atoms with Crippen molar-refractivity contribution in [3.05, 3.63) is 46.4 Å². The van der Waals surface area contributed by atoms with Crippen molar-refractivity contribution in [1.82, 2.24) is 14.8 Å². The molecule has 1 aliphatic rings. The van der Waals surface area contributed by atoms with Crippen molar-refractivity contribution in [1.29, 1.82) is 0 Å². The molecule has 0 bridgehead atoms. The summed E-state index contributed by atoms with van der Waals surface area (Å²) in [5.74, 6) is 0.332. The van der Waals surface area contributed by atoms with Crippen molar-refractivity contribution in [2.24, 2.45) is 13.0 Å². The molecule has 8 heteroatoms. The van der Waals surface area contributed by atoms with Crippen LogP contribution in [0, 0.1) is 5.92 Å². The molecule has 0 saturated heterocycles. The number of ketones is 1. The second kappa shape index (κ2) is 6.74. The normalized spacial score (nSPS) is 14.4. The second-order valence-corrected chi connectivity index (χ2v) is 11.0. The Labute approximate surface area is 162 Å². The predicted molar refractivity (Wildman–Crippen MR) is 112 cm³/mol. The minimum absolute atomic E-state index is 0.149. The number of Topliss-reactive ketones (excluding diaryl/α,β-unsaturated/α-hetero) is 1. The van der Waals surface area contributed by atoms with E-state index in [-0.39, 0.29) is 23.7 Å². The zero-order valence-corrected chi connectivity index (χ0v) is 17.0. The predicted octanol–water partition coefficient (Wildman–Crippen LogP) is 2.77. The van der Waals surface area contributed by atoms with Crippen molar-refractivity contribution in [3.8, 4) is 0 Å². The van der Waals surface area contributed by atoms with Crippen molar-refractivity contribution in [2.45, 2.75) is 19.3 Å². The van der Waals surface area contributed by atoms with Gasteiger partial charge in [-0.3, -0.25) is 19.4 Å². The first kappa shape index (κ1) is 18.7. The van der Waals surface area contributed by atoms with Crippen LogP contribution in [0.5, 0.6) is 0 Å². The highest BCUT2D eigenvalue weighted by molar-refractivity contribution is 7.70. The number of hydrogen-bond donors (Lipinski definition) is 2. The number of hydrogen-bond acceptors (Lipinski definition) is 5. The van der Waals surface area contributed by atoms with E-state index in [4.69, 9.17) is 0 Å². The lowest BCUT2D eigenvalue weighted by molar-refractivity contribution is -0.119. The molecule has 3 aromatic rings. The highest BCUT2D eigenvalue weighted by Gasteiger charge is 2.30. The lowest BCUT2D eigenvalue weighted by atomic mass is 10.1. The Balaban J connectivity index is 1.82. The van der Waals surface area contributed by atoms with Crippen LogP contribution in [0.15, 0.2) is 35.1 Å². The lowest BCUT2D eigenvalue weighted by Crippen LogP contribution is -2.14. The van der Waals surface area contributed by atoms with Crippen LogP contribution in [0.1, 0.15) is 18.5 Å². The van der Waals surface area contributed by atoms with Gasteiger partial charge in [0.05, 0.1) is 11.4 Å². The zero-order chi connectivity index (χ0) is 20.1. The zero-order valence-electron chi connectivity index (χ0n) is 16.2. The van der Waals surface area contributed by atoms with Crippen molar-refractivity contribution in [3.63, 3.8) is 0 Å². The number of pyridine rings is 1. The molecule has 2 N–H and O–H groups in total. The van der Waals surface area contributed by atoms with Crippen LogP contribution in [-0.2, 0) is 22.8 Å². The van der Waals surface area contributed by atoms with Gasteiger partial charge >= 0.3 is 0 Å². The van der Waals surface area contributed by atoms with E-state index in [9.17, 15) is 14.2 Å². The number of aromatic amines is 1. The highest BCUT2D eigenvalue weighted by atomic mass is 31.2. The standard InChI is InChI=1S/C20H23N4O3P/c1-24-20(26)18-15(22-14-6-4-5-7-17(14)28(2,3)27)10-13(21-19(18)23-24)11-16(25)12-8-9-12/h4-7,10,12H,8-9,11H2,1-3H3,(H2,21,22,23). The average molecular weight is 398 g/mol. The molecule has 0 unspecified atom stereocenters. The maximum Gasteiger partial charge on any atom is 0.277 e. The molecule has 1 fully saturated rings. The van der Waals surface area contributed by atoms with E-state index in [1.807, 2.05) is 24.3 Å². The van der Waals surface area contributed by atoms with Crippen molar-refractivity contribution in [2.75, 3.05) is 18.6 Å². The molecule has 4 rings (SSSR count). The summed E-state index contributed by atoms with van der Waals surface area (Å²) < 4.78 is 14.1. The Hall–Kier alpha value is -2.66. The first-order chi connectivity index (χ1) is 13.2. The minimum atomic E-state index is -2.52. The first-order valence-electron chi connectivity index (χ1n) is 9.27. The van der Waals surface area contributed by atoms with Crippen LogP contribution in [0.4, 0.5) is 11.4 Å². The number of carbonyl (C=O) groups is 1. The fraction of sp³-hybridized carbons (Fsp3) is 0.350. The lowest BCUT2D eigenvalue weighted by Gasteiger charge is -2.16. The fourth-order valence-electron chi connectivity index (χ4n) is 3.38. The number of para-hydroxylation sites is 1. The summed E-state index contributed by atoms with van der Waals surface area (Å²) in [7, 11) is -0.894. The van der Waals surface area contributed by atoms with Crippen LogP contribution in [0.25, 0.3) is 11.0 Å². The number of nitrogens with one attached hydrogen (secondary N) is 2. The second-order valence-electron chi connectivity index (χ2n) is 7.77. The van der Waals surface area contributed by atoms with E-state index >= 15 is 0 Å². The molecule has 2 aromatic heterocycles. The third kappa shape index (κ3) is 3.54. The number of aryl methyl sites for hydroxylation is 1. The molecule has 1 saturated carbocycles. The molecule has 146 valence electrons. The van der Waals surface area contributed by atoms with E-state index in [2.05, 4.69) is 15.4 Å². The molecule has 28 heavy (non-hydrogen) atoms. The van der Waals surface area contributed by atoms with E-state index in [1.54, 1.807) is 26.4 Å². The van der Waals surface area contributed by atoms with Gasteiger partial charge in [-0.25, -0.2) is 4.98 Å². The van der Waals surface area contributed by atoms with Gasteiger partial charge in [0, 0.05) is 30.4 Å². The van der Waals surface area contributed by atoms with Gasteiger partial charge in [0.1, 0.15) is 18.3 Å². The van der Waals surface area contributed by atoms with Gasteiger partial charge in [-0.1, -0.05) is 12.1 Å². The summed E-state index contributed by atoms with van der Waals surface area (Å²) in [5, 5.41) is 7.35. The quantitative estimate of drug-likeness (QED) is 0.623. The summed E-state index contributed by atoms with van der Waals surface area (Å²) in [6.45, 7) is 3.43. The number of nitrogens with zero attached hydrogens (tertiary/aromatic N) is 2. The monoisotopic (exact) mass is 398 g/mol. The number of carbonyl (C=O) groups excluding carboxylic acids is 1. The molecule has 0 atom stereocenters. The molecular formula is C20H23N4O3P. The summed E-state index contributed by atoms with van der Waals surface area (Å²) >= 11 is 0. The Morgan fingerprint density at radius 3 is 2.68 bits per heavy atom. The third-order valence-electron chi connectivity index (χ3n) is 5.01. The number of fused-ring (bicyclic) bond motifs is 1.